The summed E-state index contributed by atoms with van der Waals surface area (Å²) in [7, 11) is 0. The molecule has 9 rings (SSSR count). The van der Waals surface area contributed by atoms with E-state index in [1.807, 2.05) is 30.3 Å². The molecule has 0 amide bonds. The molecule has 4 nitrogen and oxygen atoms in total. The Morgan fingerprint density at radius 3 is 1.98 bits per heavy atom. The van der Waals surface area contributed by atoms with Crippen molar-refractivity contribution >= 4 is 39.0 Å². The van der Waals surface area contributed by atoms with Crippen molar-refractivity contribution in [2.24, 2.45) is 0 Å². The van der Waals surface area contributed by atoms with Crippen molar-refractivity contribution in [1.29, 1.82) is 0 Å². The van der Waals surface area contributed by atoms with Gasteiger partial charge in [0.2, 0.25) is 5.95 Å². The summed E-state index contributed by atoms with van der Waals surface area (Å²) in [5.74, 6) is 0.882. The van der Waals surface area contributed by atoms with Gasteiger partial charge < -0.3 is 4.90 Å². The second kappa shape index (κ2) is 10.9. The number of rotatable bonds is 4. The van der Waals surface area contributed by atoms with E-state index in [0.29, 0.717) is 11.6 Å². The van der Waals surface area contributed by atoms with Gasteiger partial charge in [0.05, 0.1) is 23.8 Å². The highest BCUT2D eigenvalue weighted by Crippen LogP contribution is 2.49. The Kier molecular flexibility index (Phi) is 6.29. The number of anilines is 2. The summed E-state index contributed by atoms with van der Waals surface area (Å²) in [6.45, 7) is 7.48. The van der Waals surface area contributed by atoms with Crippen LogP contribution in [0.2, 0.25) is 0 Å². The van der Waals surface area contributed by atoms with Crippen molar-refractivity contribution in [2.75, 3.05) is 4.90 Å². The van der Waals surface area contributed by atoms with E-state index in [9.17, 15) is 0 Å². The second-order valence-electron chi connectivity index (χ2n) is 12.1. The third kappa shape index (κ3) is 4.60. The van der Waals surface area contributed by atoms with Crippen LogP contribution < -0.4 is 4.90 Å². The second-order valence-corrected chi connectivity index (χ2v) is 12.1. The minimum absolute atomic E-state index is 0.0732. The van der Waals surface area contributed by atoms with Crippen LogP contribution in [0, 0.1) is 6.57 Å². The molecule has 0 saturated carbocycles. The molecule has 0 fully saturated rings. The number of aromatic nitrogens is 2. The predicted octanol–water partition coefficient (Wildman–Crippen LogP) is 11.1. The van der Waals surface area contributed by atoms with Crippen molar-refractivity contribution in [3.8, 4) is 33.5 Å². The first-order chi connectivity index (χ1) is 23.2. The smallest absolute Gasteiger partial charge is 0.231 e. The number of fused-ring (bicyclic) bond motifs is 5. The molecule has 0 radical (unpaired) electrons. The first-order valence-electron chi connectivity index (χ1n) is 15.9. The molecule has 47 heavy (non-hydrogen) atoms. The fraction of sp³-hybridized carbons (Fsp3) is 0.0465. The molecule has 0 spiro atoms. The highest BCUT2D eigenvalue weighted by atomic mass is 15.3. The van der Waals surface area contributed by atoms with Gasteiger partial charge in [0.25, 0.3) is 0 Å². The van der Waals surface area contributed by atoms with Crippen LogP contribution >= 0.6 is 0 Å². The van der Waals surface area contributed by atoms with E-state index in [-0.39, 0.29) is 12.0 Å². The van der Waals surface area contributed by atoms with Gasteiger partial charge in [-0.1, -0.05) is 133 Å². The van der Waals surface area contributed by atoms with Gasteiger partial charge in [-0.2, -0.15) is 0 Å². The minimum atomic E-state index is 0.0732. The third-order valence-corrected chi connectivity index (χ3v) is 9.41. The molecule has 1 aromatic heterocycles. The monoisotopic (exact) mass is 600 g/mol. The highest BCUT2D eigenvalue weighted by molar-refractivity contribution is 5.97. The number of hydrogen-bond acceptors (Lipinski definition) is 3. The Hall–Kier alpha value is -6.31. The first kappa shape index (κ1) is 27.0. The summed E-state index contributed by atoms with van der Waals surface area (Å²) in [6, 6.07) is 46.6. The van der Waals surface area contributed by atoms with Gasteiger partial charge in [0.1, 0.15) is 0 Å². The van der Waals surface area contributed by atoms with Crippen LogP contribution in [0.25, 0.3) is 60.0 Å². The molecular formula is C43H28N4. The Morgan fingerprint density at radius 1 is 0.574 bits per heavy atom. The number of benzene rings is 6. The molecule has 0 saturated heterocycles. The molecule has 4 heteroatoms. The quantitative estimate of drug-likeness (QED) is 0.188. The van der Waals surface area contributed by atoms with Crippen LogP contribution in [0.4, 0.5) is 17.3 Å². The highest BCUT2D eigenvalue weighted by Gasteiger charge is 2.39. The van der Waals surface area contributed by atoms with Gasteiger partial charge in [-0.05, 0) is 68.4 Å². The standard InChI is InChI=1S/C43H28N4/c1-44-35-22-19-31(20-23-35)42-38-26-34(30-17-15-29(16-18-30)28-9-3-2-4-10-28)21-24-39(38)45-43(46-42)47-40-14-8-7-13-36(40)37-25-32-11-5-6-12-33(32)27-41(37)47/h2-27,36,40H. The minimum Gasteiger partial charge on any atom is -0.302 e. The average Bonchev–Trinajstić information content (AvgIpc) is 3.47. The van der Waals surface area contributed by atoms with Crippen molar-refractivity contribution in [3.63, 3.8) is 0 Å². The average molecular weight is 601 g/mol. The summed E-state index contributed by atoms with van der Waals surface area (Å²) >= 11 is 0. The van der Waals surface area contributed by atoms with E-state index < -0.39 is 0 Å². The van der Waals surface area contributed by atoms with Gasteiger partial charge in [0.15, 0.2) is 5.69 Å². The molecule has 1 aliphatic heterocycles. The van der Waals surface area contributed by atoms with Gasteiger partial charge in [-0.25, -0.2) is 14.8 Å². The Labute approximate surface area is 273 Å². The van der Waals surface area contributed by atoms with Gasteiger partial charge in [0, 0.05) is 17.0 Å². The lowest BCUT2D eigenvalue weighted by Gasteiger charge is -2.27. The normalized spacial score (nSPS) is 16.3. The molecular weight excluding hydrogens is 573 g/mol. The van der Waals surface area contributed by atoms with E-state index in [1.54, 1.807) is 0 Å². The Morgan fingerprint density at radius 2 is 1.21 bits per heavy atom. The third-order valence-electron chi connectivity index (χ3n) is 9.41. The van der Waals surface area contributed by atoms with Crippen LogP contribution in [0.1, 0.15) is 11.5 Å². The van der Waals surface area contributed by atoms with Crippen LogP contribution in [0.3, 0.4) is 0 Å². The number of hydrogen-bond donors (Lipinski definition) is 0. The van der Waals surface area contributed by atoms with Gasteiger partial charge >= 0.3 is 0 Å². The molecule has 2 aliphatic rings. The van der Waals surface area contributed by atoms with Crippen LogP contribution in [0.15, 0.2) is 158 Å². The zero-order valence-electron chi connectivity index (χ0n) is 25.5. The van der Waals surface area contributed by atoms with Crippen molar-refractivity contribution in [1.82, 2.24) is 9.97 Å². The van der Waals surface area contributed by atoms with E-state index in [4.69, 9.17) is 16.5 Å². The molecule has 0 N–H and O–H groups in total. The molecule has 7 aromatic rings. The fourth-order valence-corrected chi connectivity index (χ4v) is 7.06. The lowest BCUT2D eigenvalue weighted by molar-refractivity contribution is 0.731. The molecule has 220 valence electrons. The maximum atomic E-state index is 7.48. The van der Waals surface area contributed by atoms with E-state index >= 15 is 0 Å². The van der Waals surface area contributed by atoms with Gasteiger partial charge in [-0.15, -0.1) is 0 Å². The predicted molar refractivity (Wildman–Crippen MR) is 193 cm³/mol. The number of allylic oxidation sites excluding steroid dienone is 2. The molecule has 1 aliphatic carbocycles. The first-order valence-corrected chi connectivity index (χ1v) is 15.9. The molecule has 2 unspecified atom stereocenters. The van der Waals surface area contributed by atoms with E-state index in [0.717, 1.165) is 39.0 Å². The number of nitrogens with zero attached hydrogens (tertiary/aromatic N) is 4. The SMILES string of the molecule is [C-]#[N+]c1ccc(-c2nc(N3c4cc5ccccc5cc4C4C=CC=CC43)nc3ccc(-c4ccc(-c5ccccc5)cc4)cc23)cc1. The summed E-state index contributed by atoms with van der Waals surface area (Å²) in [4.78, 5) is 16.5. The largest absolute Gasteiger partial charge is 0.302 e. The van der Waals surface area contributed by atoms with Crippen molar-refractivity contribution < 1.29 is 0 Å². The Balaban J connectivity index is 1.21. The summed E-state index contributed by atoms with van der Waals surface area (Å²) < 4.78 is 0. The maximum absolute atomic E-state index is 7.48. The van der Waals surface area contributed by atoms with E-state index in [1.165, 1.54) is 27.5 Å². The summed E-state index contributed by atoms with van der Waals surface area (Å²) in [5.41, 5.74) is 10.3. The zero-order valence-corrected chi connectivity index (χ0v) is 25.5. The summed E-state index contributed by atoms with van der Waals surface area (Å²) in [6.07, 6.45) is 8.82. The fourth-order valence-electron chi connectivity index (χ4n) is 7.06. The maximum Gasteiger partial charge on any atom is 0.231 e. The van der Waals surface area contributed by atoms with Crippen molar-refractivity contribution in [2.45, 2.75) is 12.0 Å². The zero-order chi connectivity index (χ0) is 31.3. The van der Waals surface area contributed by atoms with Gasteiger partial charge in [-0.3, -0.25) is 0 Å². The van der Waals surface area contributed by atoms with E-state index in [2.05, 4.69) is 137 Å². The van der Waals surface area contributed by atoms with Crippen LogP contribution in [0.5, 0.6) is 0 Å². The summed E-state index contributed by atoms with van der Waals surface area (Å²) in [5, 5.41) is 3.41. The molecule has 2 heterocycles. The van der Waals surface area contributed by atoms with Crippen LogP contribution in [-0.4, -0.2) is 16.0 Å². The van der Waals surface area contributed by atoms with Crippen LogP contribution in [-0.2, 0) is 0 Å². The Bertz CT molecular complexity index is 2420. The molecule has 0 bridgehead atoms. The lowest BCUT2D eigenvalue weighted by atomic mass is 9.90. The molecule has 2 atom stereocenters. The topological polar surface area (TPSA) is 33.4 Å². The molecule has 6 aromatic carbocycles. The van der Waals surface area contributed by atoms with Crippen molar-refractivity contribution in [3.05, 3.63) is 175 Å². The lowest BCUT2D eigenvalue weighted by Crippen LogP contribution is -2.30.